The second-order valence-corrected chi connectivity index (χ2v) is 14.0. The first-order chi connectivity index (χ1) is 17.3. The number of non-ortho nitro benzene ring substituents is 1. The molecule has 12 heteroatoms. The zero-order chi connectivity index (χ0) is 27.0. The molecule has 1 saturated heterocycles. The number of nitrogens with zero attached hydrogens (tertiary/aromatic N) is 1. The van der Waals surface area contributed by atoms with E-state index >= 15 is 0 Å². The number of anilines is 1. The lowest BCUT2D eigenvalue weighted by molar-refractivity contribution is -0.384. The Hall–Kier alpha value is -2.99. The van der Waals surface area contributed by atoms with Crippen LogP contribution in [0.5, 0.6) is 5.75 Å². The first-order valence-corrected chi connectivity index (χ1v) is 14.8. The van der Waals surface area contributed by atoms with E-state index in [9.17, 15) is 28.1 Å². The standard InChI is InChI=1S/C25H31N3O7S2/c1-25(2,3)15-7-8-19-20(11-15)36-24(22(19)23(30)26-16-9-10-37(33,34)14-16)27-21(29)13-35-18-6-4-5-17(12-18)28(31)32/h4-6,12,15-16H,7-11,13-14H2,1-3H3,(H,26,30)(H,27,29). The van der Waals surface area contributed by atoms with Gasteiger partial charge in [0, 0.05) is 17.0 Å². The van der Waals surface area contributed by atoms with Crippen molar-refractivity contribution in [3.05, 3.63) is 50.4 Å². The lowest BCUT2D eigenvalue weighted by Crippen LogP contribution is -2.36. The fourth-order valence-corrected chi connectivity index (χ4v) is 7.83. The molecule has 0 radical (unpaired) electrons. The van der Waals surface area contributed by atoms with Crippen LogP contribution in [0.2, 0.25) is 0 Å². The molecule has 2 unspecified atom stereocenters. The Morgan fingerprint density at radius 3 is 2.65 bits per heavy atom. The number of rotatable bonds is 7. The Labute approximate surface area is 219 Å². The highest BCUT2D eigenvalue weighted by molar-refractivity contribution is 7.91. The number of nitro benzene ring substituents is 1. The topological polar surface area (TPSA) is 145 Å². The zero-order valence-corrected chi connectivity index (χ0v) is 22.7. The molecular weight excluding hydrogens is 518 g/mol. The van der Waals surface area contributed by atoms with Crippen molar-refractivity contribution in [2.45, 2.75) is 52.5 Å². The fourth-order valence-electron chi connectivity index (χ4n) is 4.82. The summed E-state index contributed by atoms with van der Waals surface area (Å²) >= 11 is 1.37. The van der Waals surface area contributed by atoms with Crippen LogP contribution < -0.4 is 15.4 Å². The van der Waals surface area contributed by atoms with Gasteiger partial charge >= 0.3 is 0 Å². The van der Waals surface area contributed by atoms with Crippen LogP contribution in [0.25, 0.3) is 0 Å². The predicted octanol–water partition coefficient (Wildman–Crippen LogP) is 3.74. The highest BCUT2D eigenvalue weighted by Crippen LogP contribution is 2.44. The molecule has 200 valence electrons. The molecule has 2 atom stereocenters. The summed E-state index contributed by atoms with van der Waals surface area (Å²) in [5.41, 5.74) is 1.24. The van der Waals surface area contributed by atoms with Gasteiger partial charge in [0.1, 0.15) is 10.8 Å². The van der Waals surface area contributed by atoms with Crippen LogP contribution in [0.3, 0.4) is 0 Å². The largest absolute Gasteiger partial charge is 0.484 e. The molecule has 2 heterocycles. The van der Waals surface area contributed by atoms with Crippen molar-refractivity contribution in [3.63, 3.8) is 0 Å². The van der Waals surface area contributed by atoms with Crippen molar-refractivity contribution in [2.24, 2.45) is 11.3 Å². The minimum atomic E-state index is -3.16. The zero-order valence-electron chi connectivity index (χ0n) is 21.0. The molecule has 2 aliphatic rings. The van der Waals surface area contributed by atoms with Crippen LogP contribution in [0.1, 0.15) is 54.4 Å². The second kappa shape index (κ2) is 10.4. The van der Waals surface area contributed by atoms with Gasteiger partial charge in [-0.25, -0.2) is 8.42 Å². The van der Waals surface area contributed by atoms with E-state index in [1.807, 2.05) is 0 Å². The molecule has 37 heavy (non-hydrogen) atoms. The molecule has 2 aromatic rings. The Morgan fingerprint density at radius 2 is 2.00 bits per heavy atom. The molecular formula is C25H31N3O7S2. The highest BCUT2D eigenvalue weighted by atomic mass is 32.2. The Morgan fingerprint density at radius 1 is 1.24 bits per heavy atom. The molecule has 1 aromatic carbocycles. The highest BCUT2D eigenvalue weighted by Gasteiger charge is 2.36. The van der Waals surface area contributed by atoms with Crippen LogP contribution in [0.4, 0.5) is 10.7 Å². The third-order valence-electron chi connectivity index (χ3n) is 6.94. The van der Waals surface area contributed by atoms with Crippen molar-refractivity contribution in [3.8, 4) is 5.75 Å². The number of hydrogen-bond donors (Lipinski definition) is 2. The van der Waals surface area contributed by atoms with Crippen molar-refractivity contribution >= 4 is 43.7 Å². The Balaban J connectivity index is 1.53. The summed E-state index contributed by atoms with van der Waals surface area (Å²) in [6.45, 7) is 6.19. The van der Waals surface area contributed by atoms with Gasteiger partial charge in [0.25, 0.3) is 17.5 Å². The molecule has 10 nitrogen and oxygen atoms in total. The molecule has 0 bridgehead atoms. The van der Waals surface area contributed by atoms with Gasteiger partial charge in [0.05, 0.1) is 28.1 Å². The van der Waals surface area contributed by atoms with E-state index in [4.69, 9.17) is 4.74 Å². The summed E-state index contributed by atoms with van der Waals surface area (Å²) in [6.07, 6.45) is 2.76. The summed E-state index contributed by atoms with van der Waals surface area (Å²) in [7, 11) is -3.16. The lowest BCUT2D eigenvalue weighted by Gasteiger charge is -2.33. The molecule has 2 amide bonds. The van der Waals surface area contributed by atoms with Gasteiger partial charge in [-0.15, -0.1) is 11.3 Å². The number of ether oxygens (including phenoxy) is 1. The van der Waals surface area contributed by atoms with Crippen LogP contribution in [-0.2, 0) is 27.5 Å². The lowest BCUT2D eigenvalue weighted by atomic mass is 9.72. The minimum Gasteiger partial charge on any atom is -0.484 e. The predicted molar refractivity (Wildman–Crippen MR) is 141 cm³/mol. The molecule has 2 N–H and O–H groups in total. The molecule has 0 spiro atoms. The average Bonchev–Trinajstić information content (AvgIpc) is 3.35. The van der Waals surface area contributed by atoms with Crippen molar-refractivity contribution in [2.75, 3.05) is 23.4 Å². The van der Waals surface area contributed by atoms with Crippen molar-refractivity contribution < 1.29 is 27.7 Å². The second-order valence-electron chi connectivity index (χ2n) is 10.7. The third kappa shape index (κ3) is 6.48. The summed E-state index contributed by atoms with van der Waals surface area (Å²) in [6, 6.07) is 5.09. The molecule has 1 aliphatic heterocycles. The van der Waals surface area contributed by atoms with E-state index in [1.165, 1.54) is 35.6 Å². The van der Waals surface area contributed by atoms with Crippen LogP contribution in [0, 0.1) is 21.4 Å². The monoisotopic (exact) mass is 549 g/mol. The number of hydrogen-bond acceptors (Lipinski definition) is 8. The van der Waals surface area contributed by atoms with Gasteiger partial charge in [-0.3, -0.25) is 19.7 Å². The SMILES string of the molecule is CC(C)(C)C1CCc2c(sc(NC(=O)COc3cccc([N+](=O)[O-])c3)c2C(=O)NC2CCS(=O)(=O)C2)C1. The van der Waals surface area contributed by atoms with Crippen LogP contribution in [-0.4, -0.2) is 49.3 Å². The number of thiophene rings is 1. The first kappa shape index (κ1) is 27.1. The minimum absolute atomic E-state index is 0.0472. The summed E-state index contributed by atoms with van der Waals surface area (Å²) in [4.78, 5) is 37.6. The summed E-state index contributed by atoms with van der Waals surface area (Å²) in [5, 5.41) is 17.0. The van der Waals surface area contributed by atoms with Gasteiger partial charge in [0.15, 0.2) is 16.4 Å². The summed E-state index contributed by atoms with van der Waals surface area (Å²) < 4.78 is 29.2. The maximum atomic E-state index is 13.4. The summed E-state index contributed by atoms with van der Waals surface area (Å²) in [5.74, 6) is -0.321. The van der Waals surface area contributed by atoms with Gasteiger partial charge in [0.2, 0.25) is 0 Å². The smallest absolute Gasteiger partial charge is 0.273 e. The molecule has 4 rings (SSSR count). The van der Waals surface area contributed by atoms with Gasteiger partial charge in [-0.05, 0) is 48.6 Å². The van der Waals surface area contributed by atoms with E-state index in [0.717, 1.165) is 23.3 Å². The van der Waals surface area contributed by atoms with Crippen molar-refractivity contribution in [1.82, 2.24) is 5.32 Å². The van der Waals surface area contributed by atoms with Crippen LogP contribution in [0.15, 0.2) is 24.3 Å². The maximum absolute atomic E-state index is 13.4. The number of nitrogens with one attached hydrogen (secondary N) is 2. The number of sulfone groups is 1. The molecule has 0 saturated carbocycles. The quantitative estimate of drug-likeness (QED) is 0.395. The number of benzene rings is 1. The Kier molecular flexibility index (Phi) is 7.61. The van der Waals surface area contributed by atoms with E-state index in [1.54, 1.807) is 0 Å². The van der Waals surface area contributed by atoms with Gasteiger partial charge in [-0.2, -0.15) is 0 Å². The fraction of sp³-hybridized carbons (Fsp3) is 0.520. The van der Waals surface area contributed by atoms with Crippen molar-refractivity contribution in [1.29, 1.82) is 0 Å². The van der Waals surface area contributed by atoms with E-state index in [0.29, 0.717) is 29.3 Å². The van der Waals surface area contributed by atoms with E-state index in [2.05, 4.69) is 31.4 Å². The molecule has 1 aliphatic carbocycles. The number of carbonyl (C=O) groups excluding carboxylic acids is 2. The van der Waals surface area contributed by atoms with Gasteiger partial charge < -0.3 is 15.4 Å². The van der Waals surface area contributed by atoms with Crippen LogP contribution >= 0.6 is 11.3 Å². The van der Waals surface area contributed by atoms with E-state index < -0.39 is 33.3 Å². The molecule has 1 aromatic heterocycles. The number of nitro groups is 1. The molecule has 1 fully saturated rings. The number of carbonyl (C=O) groups is 2. The van der Waals surface area contributed by atoms with Gasteiger partial charge in [-0.1, -0.05) is 26.8 Å². The van der Waals surface area contributed by atoms with E-state index in [-0.39, 0.29) is 34.3 Å². The average molecular weight is 550 g/mol. The number of amides is 2. The Bertz CT molecular complexity index is 1330. The third-order valence-corrected chi connectivity index (χ3v) is 9.87. The normalized spacial score (nSPS) is 20.6. The number of fused-ring (bicyclic) bond motifs is 1. The first-order valence-electron chi connectivity index (χ1n) is 12.2. The maximum Gasteiger partial charge on any atom is 0.273 e.